The second kappa shape index (κ2) is 14.6. The fourth-order valence-corrected chi connectivity index (χ4v) is 3.50. The van der Waals surface area contributed by atoms with Crippen LogP contribution >= 0.6 is 0 Å². The van der Waals surface area contributed by atoms with Crippen molar-refractivity contribution in [3.05, 3.63) is 108 Å². The van der Waals surface area contributed by atoms with Gasteiger partial charge >= 0.3 is 23.9 Å². The molecule has 0 aromatic heterocycles. The number of halogens is 2. The normalized spacial score (nSPS) is 10.7. The van der Waals surface area contributed by atoms with Crippen molar-refractivity contribution in [1.29, 1.82) is 0 Å². The molecule has 230 valence electrons. The molecule has 0 heterocycles. The predicted octanol–water partition coefficient (Wildman–Crippen LogP) is 5.83. The molecule has 0 bridgehead atoms. The summed E-state index contributed by atoms with van der Waals surface area (Å²) in [6, 6.07) is 10.9. The van der Waals surface area contributed by atoms with Crippen molar-refractivity contribution in [2.24, 2.45) is 0 Å². The average Bonchev–Trinajstić information content (AvgIpc) is 2.97. The summed E-state index contributed by atoms with van der Waals surface area (Å²) < 4.78 is 59.7. The van der Waals surface area contributed by atoms with E-state index in [4.69, 9.17) is 18.9 Å². The van der Waals surface area contributed by atoms with Crippen LogP contribution < -0.4 is 18.9 Å². The van der Waals surface area contributed by atoms with Crippen LogP contribution in [0.5, 0.6) is 23.0 Å². The summed E-state index contributed by atoms with van der Waals surface area (Å²) in [4.78, 5) is 47.7. The van der Waals surface area contributed by atoms with E-state index in [0.717, 1.165) is 36.4 Å². The number of rotatable bonds is 12. The number of esters is 4. The van der Waals surface area contributed by atoms with E-state index in [9.17, 15) is 28.0 Å². The molecule has 3 aromatic carbocycles. The van der Waals surface area contributed by atoms with Crippen molar-refractivity contribution < 1.29 is 56.4 Å². The molecule has 0 spiro atoms. The number of hydrogen-bond donors (Lipinski definition) is 0. The number of ether oxygens (including phenoxy) is 6. The molecule has 0 aliphatic carbocycles. The summed E-state index contributed by atoms with van der Waals surface area (Å²) in [6.45, 7) is 10.9. The molecule has 0 aliphatic heterocycles. The Labute approximate surface area is 251 Å². The van der Waals surface area contributed by atoms with Gasteiger partial charge < -0.3 is 28.4 Å². The number of carbonyl (C=O) groups excluding carboxylic acids is 4. The molecule has 44 heavy (non-hydrogen) atoms. The first-order valence-corrected chi connectivity index (χ1v) is 12.8. The predicted molar refractivity (Wildman–Crippen MR) is 151 cm³/mol. The zero-order valence-corrected chi connectivity index (χ0v) is 24.0. The lowest BCUT2D eigenvalue weighted by atomic mass is 9.86. The van der Waals surface area contributed by atoms with Gasteiger partial charge in [0.1, 0.15) is 34.6 Å². The lowest BCUT2D eigenvalue weighted by Crippen LogP contribution is -2.18. The largest absolute Gasteiger partial charge is 0.457 e. The fourth-order valence-electron chi connectivity index (χ4n) is 3.50. The summed E-state index contributed by atoms with van der Waals surface area (Å²) in [5.74, 6) is -5.24. The molecular weight excluding hydrogens is 582 g/mol. The lowest BCUT2D eigenvalue weighted by molar-refractivity contribution is -0.145. The fraction of sp³-hybridized carbons (Fsp3) is 0.188. The maximum absolute atomic E-state index is 14.7. The lowest BCUT2D eigenvalue weighted by Gasteiger charge is -2.23. The Morgan fingerprint density at radius 3 is 1.57 bits per heavy atom. The van der Waals surface area contributed by atoms with Gasteiger partial charge in [-0.25, -0.2) is 28.0 Å². The smallest absolute Gasteiger partial charge is 0.346 e. The summed E-state index contributed by atoms with van der Waals surface area (Å²) >= 11 is 0. The summed E-state index contributed by atoms with van der Waals surface area (Å²) in [7, 11) is 0. The molecule has 0 unspecified atom stereocenters. The maximum Gasteiger partial charge on any atom is 0.346 e. The topological polar surface area (TPSA) is 124 Å². The van der Waals surface area contributed by atoms with Crippen LogP contribution in [0.3, 0.4) is 0 Å². The Morgan fingerprint density at radius 1 is 0.682 bits per heavy atom. The highest BCUT2D eigenvalue weighted by molar-refractivity contribution is 5.92. The van der Waals surface area contributed by atoms with Crippen molar-refractivity contribution in [2.75, 3.05) is 13.6 Å². The van der Waals surface area contributed by atoms with E-state index in [1.54, 1.807) is 0 Å². The van der Waals surface area contributed by atoms with Gasteiger partial charge in [-0.05, 0) is 47.9 Å². The van der Waals surface area contributed by atoms with Gasteiger partial charge in [-0.15, -0.1) is 0 Å². The summed E-state index contributed by atoms with van der Waals surface area (Å²) in [5, 5.41) is 0. The van der Waals surface area contributed by atoms with Crippen molar-refractivity contribution in [3.8, 4) is 23.0 Å². The average molecular weight is 611 g/mol. The van der Waals surface area contributed by atoms with Gasteiger partial charge in [0.15, 0.2) is 0 Å². The molecule has 0 N–H and O–H groups in total. The molecule has 0 saturated carbocycles. The molecule has 0 amide bonds. The molecule has 3 aromatic rings. The Balaban J connectivity index is 1.72. The first-order chi connectivity index (χ1) is 20.8. The van der Waals surface area contributed by atoms with E-state index in [1.165, 1.54) is 30.3 Å². The molecule has 0 saturated heterocycles. The first-order valence-electron chi connectivity index (χ1n) is 12.8. The van der Waals surface area contributed by atoms with Gasteiger partial charge in [-0.3, -0.25) is 0 Å². The second-order valence-electron chi connectivity index (χ2n) is 9.83. The Kier molecular flexibility index (Phi) is 10.9. The molecule has 0 fully saturated rings. The van der Waals surface area contributed by atoms with Crippen LogP contribution in [0.25, 0.3) is 0 Å². The Morgan fingerprint density at radius 2 is 1.14 bits per heavy atom. The van der Waals surface area contributed by atoms with Crippen LogP contribution in [-0.4, -0.2) is 37.5 Å². The van der Waals surface area contributed by atoms with E-state index in [1.807, 2.05) is 20.8 Å². The third-order valence-electron chi connectivity index (χ3n) is 5.68. The van der Waals surface area contributed by atoms with Crippen LogP contribution in [-0.2, 0) is 24.5 Å². The van der Waals surface area contributed by atoms with E-state index >= 15 is 0 Å². The third-order valence-corrected chi connectivity index (χ3v) is 5.68. The van der Waals surface area contributed by atoms with Gasteiger partial charge in [-0.1, -0.05) is 33.9 Å². The van der Waals surface area contributed by atoms with Crippen molar-refractivity contribution in [2.45, 2.75) is 26.2 Å². The highest BCUT2D eigenvalue weighted by atomic mass is 19.1. The molecule has 0 aliphatic rings. The Hall–Kier alpha value is -5.52. The molecule has 0 atom stereocenters. The van der Waals surface area contributed by atoms with Crippen molar-refractivity contribution in [1.82, 2.24) is 0 Å². The van der Waals surface area contributed by atoms with Gasteiger partial charge in [0, 0.05) is 29.8 Å². The minimum Gasteiger partial charge on any atom is -0.457 e. The molecule has 0 radical (unpaired) electrons. The van der Waals surface area contributed by atoms with Crippen LogP contribution in [0.2, 0.25) is 0 Å². The number of hydrogen-bond acceptors (Lipinski definition) is 10. The van der Waals surface area contributed by atoms with E-state index < -0.39 is 65.6 Å². The van der Waals surface area contributed by atoms with Crippen LogP contribution in [0.15, 0.2) is 79.9 Å². The Bertz CT molecular complexity index is 1590. The number of carbonyl (C=O) groups is 4. The second-order valence-corrected chi connectivity index (χ2v) is 9.83. The first kappa shape index (κ1) is 33.0. The maximum atomic E-state index is 14.7. The standard InChI is InChI=1S/C32H28F2O10/c1-6-28(35)41-17-39-19-8-11-22(25(33)15-19)30(37)43-21-10-13-27(24(14-21)32(3,4)5)44-31(38)23-12-9-20(16-26(23)34)40-18-42-29(36)7-2/h6-16H,1-2,17-18H2,3-5H3. The monoisotopic (exact) mass is 610 g/mol. The summed E-state index contributed by atoms with van der Waals surface area (Å²) in [5.41, 5.74) is -0.998. The van der Waals surface area contributed by atoms with E-state index in [0.29, 0.717) is 5.56 Å². The molecule has 3 rings (SSSR count). The zero-order chi connectivity index (χ0) is 32.4. The minimum absolute atomic E-state index is 0.00438. The summed E-state index contributed by atoms with van der Waals surface area (Å²) in [6.07, 6.45) is 1.88. The van der Waals surface area contributed by atoms with E-state index in [2.05, 4.69) is 22.6 Å². The molecule has 10 nitrogen and oxygen atoms in total. The minimum atomic E-state index is -1.01. The van der Waals surface area contributed by atoms with Gasteiger partial charge in [0.05, 0.1) is 11.1 Å². The van der Waals surface area contributed by atoms with Gasteiger partial charge in [-0.2, -0.15) is 0 Å². The van der Waals surface area contributed by atoms with Crippen LogP contribution in [0.1, 0.15) is 47.1 Å². The quantitative estimate of drug-likeness (QED) is 0.107. The van der Waals surface area contributed by atoms with Crippen LogP contribution in [0.4, 0.5) is 8.78 Å². The molecule has 12 heteroatoms. The SMILES string of the molecule is C=CC(=O)OCOc1ccc(C(=O)Oc2ccc(OC(=O)c3ccc(OCOC(=O)C=C)cc3F)c(C(C)(C)C)c2)c(F)c1. The van der Waals surface area contributed by atoms with Crippen LogP contribution in [0, 0.1) is 11.6 Å². The third kappa shape index (κ3) is 8.99. The zero-order valence-electron chi connectivity index (χ0n) is 24.0. The highest BCUT2D eigenvalue weighted by Crippen LogP contribution is 2.35. The van der Waals surface area contributed by atoms with Crippen molar-refractivity contribution >= 4 is 23.9 Å². The van der Waals surface area contributed by atoms with E-state index in [-0.39, 0.29) is 23.0 Å². The van der Waals surface area contributed by atoms with Crippen molar-refractivity contribution in [3.63, 3.8) is 0 Å². The van der Waals surface area contributed by atoms with Gasteiger partial charge in [0.25, 0.3) is 0 Å². The van der Waals surface area contributed by atoms with Gasteiger partial charge in [0.2, 0.25) is 13.6 Å². The number of benzene rings is 3. The highest BCUT2D eigenvalue weighted by Gasteiger charge is 2.25. The molecular formula is C32H28F2O10.